The van der Waals surface area contributed by atoms with Crippen LogP contribution in [0.25, 0.3) is 0 Å². The fraction of sp³-hybridized carbons (Fsp3) is 1.00. The Labute approximate surface area is 70.5 Å². The molecule has 10 heavy (non-hydrogen) atoms. The van der Waals surface area contributed by atoms with E-state index in [1.807, 2.05) is 6.26 Å². The van der Waals surface area contributed by atoms with Crippen molar-refractivity contribution in [3.05, 3.63) is 0 Å². The zero-order valence-electron chi connectivity index (χ0n) is 6.16. The zero-order valence-corrected chi connectivity index (χ0v) is 8.61. The largest absolute Gasteiger partial charge is 0.229 e. The van der Waals surface area contributed by atoms with E-state index >= 15 is 0 Å². The van der Waals surface area contributed by atoms with Gasteiger partial charge in [-0.1, -0.05) is 21.6 Å². The summed E-state index contributed by atoms with van der Waals surface area (Å²) >= 11 is 0. The highest BCUT2D eigenvalue weighted by atomic mass is 33.1. The topological polar surface area (TPSA) is 34.1 Å². The minimum absolute atomic E-state index is 0.320. The van der Waals surface area contributed by atoms with E-state index in [2.05, 4.69) is 0 Å². The maximum absolute atomic E-state index is 10.6. The van der Waals surface area contributed by atoms with E-state index in [-0.39, 0.29) is 0 Å². The van der Waals surface area contributed by atoms with Gasteiger partial charge in [0.15, 0.2) is 0 Å². The monoisotopic (exact) mass is 200 g/mol. The Morgan fingerprint density at radius 1 is 1.40 bits per heavy atom. The highest BCUT2D eigenvalue weighted by molar-refractivity contribution is 8.76. The fourth-order valence-electron chi connectivity index (χ4n) is 0.463. The Hall–Kier alpha value is 0.650. The van der Waals surface area contributed by atoms with Gasteiger partial charge >= 0.3 is 0 Å². The summed E-state index contributed by atoms with van der Waals surface area (Å²) in [6.45, 7) is 0. The van der Waals surface area contributed by atoms with E-state index in [1.165, 1.54) is 6.26 Å². The number of sulfone groups is 1. The summed E-state index contributed by atoms with van der Waals surface area (Å²) < 4.78 is 21.2. The SMILES string of the molecule is CSSCCCS(C)(=O)=O. The van der Waals surface area contributed by atoms with Gasteiger partial charge in [0, 0.05) is 12.0 Å². The van der Waals surface area contributed by atoms with Crippen molar-refractivity contribution in [3.63, 3.8) is 0 Å². The Bertz CT molecular complexity index is 162. The molecule has 0 amide bonds. The highest BCUT2D eigenvalue weighted by Crippen LogP contribution is 2.17. The quantitative estimate of drug-likeness (QED) is 0.497. The third kappa shape index (κ3) is 8.65. The summed E-state index contributed by atoms with van der Waals surface area (Å²) in [6, 6.07) is 0. The molecule has 0 spiro atoms. The summed E-state index contributed by atoms with van der Waals surface area (Å²) in [6.07, 6.45) is 4.03. The second-order valence-corrected chi connectivity index (χ2v) is 6.92. The molecular weight excluding hydrogens is 188 g/mol. The molecule has 0 aliphatic carbocycles. The first-order chi connectivity index (χ1) is 4.56. The van der Waals surface area contributed by atoms with Crippen LogP contribution in [0.5, 0.6) is 0 Å². The fourth-order valence-corrected chi connectivity index (χ4v) is 2.60. The second kappa shape index (κ2) is 5.32. The Balaban J connectivity index is 3.21. The molecular formula is C5H12O2S3. The van der Waals surface area contributed by atoms with Gasteiger partial charge in [0.25, 0.3) is 0 Å². The maximum Gasteiger partial charge on any atom is 0.147 e. The van der Waals surface area contributed by atoms with Crippen LogP contribution in [0, 0.1) is 0 Å². The minimum atomic E-state index is -2.73. The number of rotatable bonds is 5. The highest BCUT2D eigenvalue weighted by Gasteiger charge is 1.99. The third-order valence-corrected chi connectivity index (χ3v) is 3.79. The van der Waals surface area contributed by atoms with Crippen molar-refractivity contribution in [2.75, 3.05) is 24.0 Å². The molecule has 0 bridgehead atoms. The summed E-state index contributed by atoms with van der Waals surface area (Å²) in [5.41, 5.74) is 0. The van der Waals surface area contributed by atoms with E-state index in [1.54, 1.807) is 21.6 Å². The molecule has 2 nitrogen and oxygen atoms in total. The molecule has 0 aromatic heterocycles. The molecule has 0 atom stereocenters. The first-order valence-corrected chi connectivity index (χ1v) is 7.68. The summed E-state index contributed by atoms with van der Waals surface area (Å²) in [5, 5.41) is 0. The average molecular weight is 200 g/mol. The van der Waals surface area contributed by atoms with Crippen LogP contribution in [0.3, 0.4) is 0 Å². The predicted molar refractivity (Wildman–Crippen MR) is 50.3 cm³/mol. The van der Waals surface area contributed by atoms with Gasteiger partial charge in [-0.2, -0.15) is 0 Å². The molecule has 62 valence electrons. The second-order valence-electron chi connectivity index (χ2n) is 1.97. The van der Waals surface area contributed by atoms with Crippen molar-refractivity contribution in [2.45, 2.75) is 6.42 Å². The van der Waals surface area contributed by atoms with Gasteiger partial charge in [-0.15, -0.1) is 0 Å². The Kier molecular flexibility index (Phi) is 5.67. The van der Waals surface area contributed by atoms with Gasteiger partial charge in [-0.05, 0) is 12.7 Å². The van der Waals surface area contributed by atoms with E-state index in [9.17, 15) is 8.42 Å². The molecule has 0 heterocycles. The lowest BCUT2D eigenvalue weighted by molar-refractivity contribution is 0.600. The molecule has 5 heteroatoms. The zero-order chi connectivity index (χ0) is 8.04. The van der Waals surface area contributed by atoms with Crippen molar-refractivity contribution >= 4 is 31.4 Å². The molecule has 0 N–H and O–H groups in total. The van der Waals surface area contributed by atoms with Crippen molar-refractivity contribution in [1.29, 1.82) is 0 Å². The Morgan fingerprint density at radius 2 is 2.00 bits per heavy atom. The minimum Gasteiger partial charge on any atom is -0.229 e. The van der Waals surface area contributed by atoms with Crippen molar-refractivity contribution < 1.29 is 8.42 Å². The molecule has 0 aromatic carbocycles. The van der Waals surface area contributed by atoms with Crippen LogP contribution in [0.4, 0.5) is 0 Å². The van der Waals surface area contributed by atoms with Crippen LogP contribution in [-0.2, 0) is 9.84 Å². The van der Waals surface area contributed by atoms with Crippen molar-refractivity contribution in [2.24, 2.45) is 0 Å². The summed E-state index contributed by atoms with van der Waals surface area (Å²) in [5.74, 6) is 1.24. The normalized spacial score (nSPS) is 11.8. The molecule has 0 radical (unpaired) electrons. The van der Waals surface area contributed by atoms with Gasteiger partial charge in [0.1, 0.15) is 9.84 Å². The van der Waals surface area contributed by atoms with E-state index in [0.29, 0.717) is 5.75 Å². The van der Waals surface area contributed by atoms with E-state index in [0.717, 1.165) is 12.2 Å². The molecule has 0 aromatic rings. The average Bonchev–Trinajstić information content (AvgIpc) is 1.78. The standard InChI is InChI=1S/C5H12O2S3/c1-8-9-4-3-5-10(2,6)7/h3-5H2,1-2H3. The van der Waals surface area contributed by atoms with Gasteiger partial charge in [0.05, 0.1) is 5.75 Å². The lowest BCUT2D eigenvalue weighted by atomic mass is 10.6. The first-order valence-electron chi connectivity index (χ1n) is 2.89. The van der Waals surface area contributed by atoms with Gasteiger partial charge < -0.3 is 0 Å². The first kappa shape index (κ1) is 10.7. The van der Waals surface area contributed by atoms with Crippen LogP contribution < -0.4 is 0 Å². The van der Waals surface area contributed by atoms with Gasteiger partial charge in [0.2, 0.25) is 0 Å². The lowest BCUT2D eigenvalue weighted by Crippen LogP contribution is -2.03. The molecule has 0 aliphatic rings. The number of hydrogen-bond donors (Lipinski definition) is 0. The lowest BCUT2D eigenvalue weighted by Gasteiger charge is -1.95. The van der Waals surface area contributed by atoms with Crippen LogP contribution in [0.1, 0.15) is 6.42 Å². The van der Waals surface area contributed by atoms with E-state index in [4.69, 9.17) is 0 Å². The van der Waals surface area contributed by atoms with Gasteiger partial charge in [-0.25, -0.2) is 8.42 Å². The molecule has 0 fully saturated rings. The number of hydrogen-bond acceptors (Lipinski definition) is 4. The molecule has 0 unspecified atom stereocenters. The smallest absolute Gasteiger partial charge is 0.147 e. The van der Waals surface area contributed by atoms with Crippen LogP contribution >= 0.6 is 21.6 Å². The Morgan fingerprint density at radius 3 is 2.40 bits per heavy atom. The van der Waals surface area contributed by atoms with Crippen LogP contribution in [-0.4, -0.2) is 32.4 Å². The van der Waals surface area contributed by atoms with Gasteiger partial charge in [-0.3, -0.25) is 0 Å². The molecule has 0 aliphatic heterocycles. The summed E-state index contributed by atoms with van der Waals surface area (Å²) in [7, 11) is 0.648. The van der Waals surface area contributed by atoms with Crippen molar-refractivity contribution in [3.8, 4) is 0 Å². The summed E-state index contributed by atoms with van der Waals surface area (Å²) in [4.78, 5) is 0. The predicted octanol–water partition coefficient (Wildman–Crippen LogP) is 1.43. The third-order valence-electron chi connectivity index (χ3n) is 0.861. The molecule has 0 rings (SSSR count). The van der Waals surface area contributed by atoms with Crippen LogP contribution in [0.2, 0.25) is 0 Å². The van der Waals surface area contributed by atoms with Crippen LogP contribution in [0.15, 0.2) is 0 Å². The van der Waals surface area contributed by atoms with Crippen molar-refractivity contribution in [1.82, 2.24) is 0 Å². The molecule has 0 saturated carbocycles. The molecule has 0 saturated heterocycles. The maximum atomic E-state index is 10.6. The van der Waals surface area contributed by atoms with E-state index < -0.39 is 9.84 Å².